The Morgan fingerprint density at radius 2 is 1.82 bits per heavy atom. The molecule has 1 atom stereocenters. The molecule has 0 fully saturated rings. The third-order valence-corrected chi connectivity index (χ3v) is 4.08. The lowest BCUT2D eigenvalue weighted by atomic mass is 9.90. The van der Waals surface area contributed by atoms with E-state index in [9.17, 15) is 9.59 Å². The minimum atomic E-state index is -0.550. The van der Waals surface area contributed by atoms with E-state index in [1.165, 1.54) is 17.5 Å². The van der Waals surface area contributed by atoms with E-state index in [-0.39, 0.29) is 11.8 Å². The third kappa shape index (κ3) is 3.87. The number of benzene rings is 1. The first-order chi connectivity index (χ1) is 10.3. The van der Waals surface area contributed by atoms with Crippen LogP contribution in [0.4, 0.5) is 5.69 Å². The molecule has 0 saturated carbocycles. The minimum absolute atomic E-state index is 0.120. The summed E-state index contributed by atoms with van der Waals surface area (Å²) in [7, 11) is 0. The Labute approximate surface area is 132 Å². The highest BCUT2D eigenvalue weighted by Crippen LogP contribution is 2.27. The van der Waals surface area contributed by atoms with E-state index >= 15 is 0 Å². The number of nitrogens with one attached hydrogen (secondary N) is 2. The van der Waals surface area contributed by atoms with E-state index in [0.717, 1.165) is 24.9 Å². The Bertz CT molecular complexity index is 573. The van der Waals surface area contributed by atoms with E-state index in [1.54, 1.807) is 6.92 Å². The highest BCUT2D eigenvalue weighted by Gasteiger charge is 2.25. The van der Waals surface area contributed by atoms with Crippen LogP contribution in [0.5, 0.6) is 0 Å². The Hall–Kier alpha value is -1.84. The van der Waals surface area contributed by atoms with E-state index in [4.69, 9.17) is 0 Å². The van der Waals surface area contributed by atoms with E-state index < -0.39 is 11.5 Å². The molecule has 0 spiro atoms. The predicted octanol–water partition coefficient (Wildman–Crippen LogP) is 3.05. The molecule has 0 aromatic heterocycles. The van der Waals surface area contributed by atoms with Gasteiger partial charge in [0.15, 0.2) is 0 Å². The first-order valence-corrected chi connectivity index (χ1v) is 8.01. The molecule has 4 nitrogen and oxygen atoms in total. The van der Waals surface area contributed by atoms with Crippen molar-refractivity contribution in [1.29, 1.82) is 0 Å². The van der Waals surface area contributed by atoms with Crippen molar-refractivity contribution in [3.8, 4) is 0 Å². The summed E-state index contributed by atoms with van der Waals surface area (Å²) in [5.41, 5.74) is 2.96. The van der Waals surface area contributed by atoms with Crippen LogP contribution in [0, 0.1) is 5.41 Å². The van der Waals surface area contributed by atoms with Gasteiger partial charge in [-0.1, -0.05) is 32.9 Å². The first kappa shape index (κ1) is 16.5. The highest BCUT2D eigenvalue weighted by molar-refractivity contribution is 5.98. The van der Waals surface area contributed by atoms with Gasteiger partial charge in [-0.3, -0.25) is 9.59 Å². The van der Waals surface area contributed by atoms with Crippen molar-refractivity contribution in [2.24, 2.45) is 5.41 Å². The highest BCUT2D eigenvalue weighted by atomic mass is 16.2. The van der Waals surface area contributed by atoms with Crippen molar-refractivity contribution in [3.63, 3.8) is 0 Å². The largest absolute Gasteiger partial charge is 0.344 e. The Morgan fingerprint density at radius 1 is 1.14 bits per heavy atom. The lowest BCUT2D eigenvalue weighted by Crippen LogP contribution is -2.46. The molecule has 2 N–H and O–H groups in total. The van der Waals surface area contributed by atoms with Gasteiger partial charge in [0.25, 0.3) is 0 Å². The van der Waals surface area contributed by atoms with E-state index in [1.807, 2.05) is 32.9 Å². The molecule has 1 aromatic carbocycles. The number of carbonyl (C=O) groups is 2. The maximum absolute atomic E-state index is 12.3. The van der Waals surface area contributed by atoms with Crippen molar-refractivity contribution < 1.29 is 9.59 Å². The van der Waals surface area contributed by atoms with Crippen molar-refractivity contribution in [2.75, 3.05) is 5.32 Å². The average Bonchev–Trinajstić information content (AvgIpc) is 2.46. The fraction of sp³-hybridized carbons (Fsp3) is 0.556. The summed E-state index contributed by atoms with van der Waals surface area (Å²) in [5.74, 6) is -0.290. The van der Waals surface area contributed by atoms with Gasteiger partial charge in [0, 0.05) is 11.1 Å². The molecule has 120 valence electrons. The van der Waals surface area contributed by atoms with E-state index in [0.29, 0.717) is 0 Å². The molecule has 1 aromatic rings. The molecule has 2 rings (SSSR count). The zero-order valence-corrected chi connectivity index (χ0v) is 14.0. The van der Waals surface area contributed by atoms with Crippen LogP contribution in [0.1, 0.15) is 51.7 Å². The minimum Gasteiger partial charge on any atom is -0.344 e. The summed E-state index contributed by atoms with van der Waals surface area (Å²) < 4.78 is 0. The van der Waals surface area contributed by atoms with Crippen molar-refractivity contribution in [1.82, 2.24) is 5.32 Å². The monoisotopic (exact) mass is 302 g/mol. The normalized spacial score (nSPS) is 15.6. The van der Waals surface area contributed by atoms with Crippen LogP contribution in [0.25, 0.3) is 0 Å². The van der Waals surface area contributed by atoms with Gasteiger partial charge in [-0.25, -0.2) is 0 Å². The van der Waals surface area contributed by atoms with Crippen molar-refractivity contribution >= 4 is 17.5 Å². The molecule has 1 aliphatic carbocycles. The smallest absolute Gasteiger partial charge is 0.246 e. The van der Waals surface area contributed by atoms with Gasteiger partial charge in [-0.05, 0) is 49.8 Å². The zero-order valence-electron chi connectivity index (χ0n) is 14.0. The van der Waals surface area contributed by atoms with E-state index in [2.05, 4.69) is 16.7 Å². The summed E-state index contributed by atoms with van der Waals surface area (Å²) >= 11 is 0. The maximum atomic E-state index is 12.3. The van der Waals surface area contributed by atoms with Crippen LogP contribution in [-0.4, -0.2) is 17.9 Å². The fourth-order valence-corrected chi connectivity index (χ4v) is 2.62. The van der Waals surface area contributed by atoms with Crippen LogP contribution in [-0.2, 0) is 22.4 Å². The van der Waals surface area contributed by atoms with Crippen molar-refractivity contribution in [3.05, 3.63) is 29.3 Å². The number of fused-ring (bicyclic) bond motifs is 1. The Kier molecular flexibility index (Phi) is 4.89. The van der Waals surface area contributed by atoms with Gasteiger partial charge in [0.2, 0.25) is 11.8 Å². The molecule has 4 heteroatoms. The van der Waals surface area contributed by atoms with Crippen molar-refractivity contribution in [2.45, 2.75) is 59.4 Å². The number of rotatable bonds is 3. The molecule has 0 saturated heterocycles. The molecule has 0 radical (unpaired) electrons. The predicted molar refractivity (Wildman–Crippen MR) is 88.8 cm³/mol. The number of amides is 2. The average molecular weight is 302 g/mol. The molecule has 0 bridgehead atoms. The van der Waals surface area contributed by atoms with Crippen LogP contribution < -0.4 is 10.6 Å². The summed E-state index contributed by atoms with van der Waals surface area (Å²) in [6.45, 7) is 7.22. The number of aryl methyl sites for hydroxylation is 1. The molecule has 1 aliphatic rings. The van der Waals surface area contributed by atoms with Gasteiger partial charge in [-0.2, -0.15) is 0 Å². The zero-order chi connectivity index (χ0) is 16.3. The fourth-order valence-electron chi connectivity index (χ4n) is 2.62. The first-order valence-electron chi connectivity index (χ1n) is 8.01. The van der Waals surface area contributed by atoms with Gasteiger partial charge in [0.1, 0.15) is 6.04 Å². The third-order valence-electron chi connectivity index (χ3n) is 4.08. The summed E-state index contributed by atoms with van der Waals surface area (Å²) in [5, 5.41) is 5.74. The molecular weight excluding hydrogens is 276 g/mol. The molecule has 22 heavy (non-hydrogen) atoms. The number of hydrogen-bond donors (Lipinski definition) is 2. The lowest BCUT2D eigenvalue weighted by Gasteiger charge is -2.23. The molecular formula is C18H26N2O2. The van der Waals surface area contributed by atoms with Crippen LogP contribution in [0.2, 0.25) is 0 Å². The summed E-state index contributed by atoms with van der Waals surface area (Å²) in [6.07, 6.45) is 4.46. The molecule has 0 aliphatic heterocycles. The quantitative estimate of drug-likeness (QED) is 0.901. The van der Waals surface area contributed by atoms with Gasteiger partial charge in [0.05, 0.1) is 0 Å². The standard InChI is InChI=1S/C18H26N2O2/c1-12(19-17(22)18(2,3)4)16(21)20-15-11-7-9-13-8-5-6-10-14(13)15/h7,9,11-12H,5-6,8,10H2,1-4H3,(H,19,22)(H,20,21). The van der Waals surface area contributed by atoms with Gasteiger partial charge < -0.3 is 10.6 Å². The summed E-state index contributed by atoms with van der Waals surface area (Å²) in [6, 6.07) is 5.51. The maximum Gasteiger partial charge on any atom is 0.246 e. The molecule has 1 unspecified atom stereocenters. The molecule has 2 amide bonds. The van der Waals surface area contributed by atoms with Crippen LogP contribution >= 0.6 is 0 Å². The van der Waals surface area contributed by atoms with Crippen LogP contribution in [0.3, 0.4) is 0 Å². The second-order valence-corrected chi connectivity index (χ2v) is 7.08. The lowest BCUT2D eigenvalue weighted by molar-refractivity contribution is -0.131. The summed E-state index contributed by atoms with van der Waals surface area (Å²) in [4.78, 5) is 24.3. The topological polar surface area (TPSA) is 58.2 Å². The second-order valence-electron chi connectivity index (χ2n) is 7.08. The van der Waals surface area contributed by atoms with Gasteiger partial charge in [-0.15, -0.1) is 0 Å². The number of anilines is 1. The Balaban J connectivity index is 2.05. The SMILES string of the molecule is CC(NC(=O)C(C)(C)C)C(=O)Nc1cccc2c1CCCC2. The second kappa shape index (κ2) is 6.51. The number of carbonyl (C=O) groups excluding carboxylic acids is 2. The van der Waals surface area contributed by atoms with Gasteiger partial charge >= 0.3 is 0 Å². The Morgan fingerprint density at radius 3 is 2.50 bits per heavy atom. The number of hydrogen-bond acceptors (Lipinski definition) is 2. The molecule has 0 heterocycles. The van der Waals surface area contributed by atoms with Crippen LogP contribution in [0.15, 0.2) is 18.2 Å².